The van der Waals surface area contributed by atoms with Gasteiger partial charge in [-0.1, -0.05) is 6.07 Å². The average molecular weight is 618 g/mol. The van der Waals surface area contributed by atoms with Crippen molar-refractivity contribution in [3.05, 3.63) is 70.0 Å². The molecule has 0 aromatic heterocycles. The zero-order chi connectivity index (χ0) is 32.1. The average Bonchev–Trinajstić information content (AvgIpc) is 3.26. The molecule has 2 aromatic rings. The van der Waals surface area contributed by atoms with E-state index in [2.05, 4.69) is 5.32 Å². The third-order valence-electron chi connectivity index (χ3n) is 8.88. The zero-order valence-electron chi connectivity index (χ0n) is 24.4. The van der Waals surface area contributed by atoms with Crippen molar-refractivity contribution in [2.75, 3.05) is 20.7 Å². The minimum absolute atomic E-state index is 0.0478. The Hall–Kier alpha value is -3.35. The second-order valence-corrected chi connectivity index (χ2v) is 11.8. The monoisotopic (exact) mass is 617 g/mol. The predicted molar refractivity (Wildman–Crippen MR) is 143 cm³/mol. The molecule has 2 aliphatic heterocycles. The summed E-state index contributed by atoms with van der Waals surface area (Å²) in [4.78, 5) is 29.1. The van der Waals surface area contributed by atoms with E-state index in [0.717, 1.165) is 4.90 Å². The molecule has 4 atom stereocenters. The first kappa shape index (κ1) is 32.6. The number of amides is 2. The minimum atomic E-state index is -5.03. The van der Waals surface area contributed by atoms with E-state index in [1.807, 2.05) is 0 Å². The maximum absolute atomic E-state index is 14.0. The number of nitrogens with one attached hydrogen (secondary N) is 1. The number of likely N-dealkylation sites (tertiary alicyclic amines) is 1. The first-order valence-electron chi connectivity index (χ1n) is 13.8. The van der Waals surface area contributed by atoms with Crippen LogP contribution in [0.2, 0.25) is 0 Å². The minimum Gasteiger partial charge on any atom is -0.468 e. The summed E-state index contributed by atoms with van der Waals surface area (Å²) >= 11 is 0. The van der Waals surface area contributed by atoms with Crippen molar-refractivity contribution in [2.45, 2.75) is 82.0 Å². The summed E-state index contributed by atoms with van der Waals surface area (Å²) in [7, 11) is 2.62. The molecule has 2 amide bonds. The molecular weight excluding hydrogens is 583 g/mol. The standard InChI is InChI=1S/C30H34F7N3O3/c1-17-12-22(31)6-7-23(17)24-16-28(9-8-27(3,38-28)25(41)43-5)10-11-40(24)26(42)39(4)18(2)19-13-20(29(32,33)34)15-21(14-19)30(35,36)37/h6-7,12-15,18,24,38H,8-11,16H2,1-5H3/t18-,24-,27+,28+/m1/s1. The Labute approximate surface area is 245 Å². The molecule has 0 unspecified atom stereocenters. The zero-order valence-corrected chi connectivity index (χ0v) is 24.4. The van der Waals surface area contributed by atoms with Crippen LogP contribution in [-0.2, 0) is 21.9 Å². The van der Waals surface area contributed by atoms with E-state index in [4.69, 9.17) is 4.74 Å². The van der Waals surface area contributed by atoms with Crippen molar-refractivity contribution >= 4 is 12.0 Å². The van der Waals surface area contributed by atoms with E-state index in [0.29, 0.717) is 48.9 Å². The number of carbonyl (C=O) groups is 2. The number of halogens is 7. The smallest absolute Gasteiger partial charge is 0.416 e. The number of hydrogen-bond acceptors (Lipinski definition) is 4. The topological polar surface area (TPSA) is 61.9 Å². The summed E-state index contributed by atoms with van der Waals surface area (Å²) in [6.45, 7) is 4.95. The SMILES string of the molecule is COC(=O)[C@]1(C)CC[C@@]2(CCN(C(=O)N(C)[C@H](C)c3cc(C(F)(F)F)cc(C(F)(F)F)c3)[C@@H](c3ccc(F)cc3C)C2)N1. The van der Waals surface area contributed by atoms with Crippen LogP contribution in [0.3, 0.4) is 0 Å². The molecule has 4 rings (SSSR count). The van der Waals surface area contributed by atoms with E-state index in [9.17, 15) is 40.3 Å². The van der Waals surface area contributed by atoms with Crippen molar-refractivity contribution in [2.24, 2.45) is 0 Å². The lowest BCUT2D eigenvalue weighted by Gasteiger charge is -2.48. The van der Waals surface area contributed by atoms with Gasteiger partial charge < -0.3 is 14.5 Å². The Morgan fingerprint density at radius 1 is 1.02 bits per heavy atom. The molecule has 1 N–H and O–H groups in total. The van der Waals surface area contributed by atoms with Crippen LogP contribution in [0.5, 0.6) is 0 Å². The van der Waals surface area contributed by atoms with Crippen LogP contribution in [0, 0.1) is 12.7 Å². The number of ether oxygens (including phenoxy) is 1. The van der Waals surface area contributed by atoms with E-state index in [-0.39, 0.29) is 18.2 Å². The third kappa shape index (κ3) is 6.46. The Bertz CT molecular complexity index is 1360. The fraction of sp³-hybridized carbons (Fsp3) is 0.533. The molecule has 2 fully saturated rings. The number of nitrogens with zero attached hydrogens (tertiary/aromatic N) is 2. The van der Waals surface area contributed by atoms with Gasteiger partial charge in [-0.05, 0) is 93.5 Å². The molecular formula is C30H34F7N3O3. The maximum atomic E-state index is 14.0. The number of rotatable bonds is 4. The largest absolute Gasteiger partial charge is 0.468 e. The van der Waals surface area contributed by atoms with Gasteiger partial charge in [0.25, 0.3) is 0 Å². The van der Waals surface area contributed by atoms with Gasteiger partial charge in [0.05, 0.1) is 30.3 Å². The van der Waals surface area contributed by atoms with Gasteiger partial charge in [0.2, 0.25) is 0 Å². The van der Waals surface area contributed by atoms with Gasteiger partial charge in [-0.15, -0.1) is 0 Å². The summed E-state index contributed by atoms with van der Waals surface area (Å²) in [5.41, 5.74) is -3.57. The van der Waals surface area contributed by atoms with E-state index < -0.39 is 64.5 Å². The molecule has 6 nitrogen and oxygen atoms in total. The molecule has 13 heteroatoms. The fourth-order valence-corrected chi connectivity index (χ4v) is 6.32. The molecule has 0 radical (unpaired) electrons. The number of urea groups is 1. The highest BCUT2D eigenvalue weighted by Crippen LogP contribution is 2.46. The molecule has 1 spiro atoms. The lowest BCUT2D eigenvalue weighted by Crippen LogP contribution is -2.59. The van der Waals surface area contributed by atoms with Gasteiger partial charge in [-0.2, -0.15) is 26.3 Å². The highest BCUT2D eigenvalue weighted by atomic mass is 19.4. The Kier molecular flexibility index (Phi) is 8.55. The molecule has 2 aromatic carbocycles. The highest BCUT2D eigenvalue weighted by molar-refractivity contribution is 5.81. The number of alkyl halides is 6. The van der Waals surface area contributed by atoms with E-state index >= 15 is 0 Å². The normalized spacial score (nSPS) is 25.1. The van der Waals surface area contributed by atoms with Gasteiger partial charge >= 0.3 is 24.4 Å². The van der Waals surface area contributed by atoms with E-state index in [1.165, 1.54) is 38.1 Å². The van der Waals surface area contributed by atoms with Crippen LogP contribution in [0.25, 0.3) is 0 Å². The first-order chi connectivity index (χ1) is 19.8. The quantitative estimate of drug-likeness (QED) is 0.292. The Morgan fingerprint density at radius 3 is 2.16 bits per heavy atom. The van der Waals surface area contributed by atoms with Crippen molar-refractivity contribution in [3.8, 4) is 0 Å². The van der Waals surface area contributed by atoms with Gasteiger partial charge in [0.15, 0.2) is 0 Å². The van der Waals surface area contributed by atoms with Crippen molar-refractivity contribution in [1.29, 1.82) is 0 Å². The summed E-state index contributed by atoms with van der Waals surface area (Å²) in [5.74, 6) is -0.900. The second-order valence-electron chi connectivity index (χ2n) is 11.8. The molecule has 2 heterocycles. The maximum Gasteiger partial charge on any atom is 0.416 e. The van der Waals surface area contributed by atoms with Crippen LogP contribution in [-0.4, -0.2) is 53.6 Å². The van der Waals surface area contributed by atoms with Gasteiger partial charge in [-0.25, -0.2) is 9.18 Å². The molecule has 0 aliphatic carbocycles. The highest BCUT2D eigenvalue weighted by Gasteiger charge is 2.53. The number of carbonyl (C=O) groups excluding carboxylic acids is 2. The summed E-state index contributed by atoms with van der Waals surface area (Å²) < 4.78 is 100. The van der Waals surface area contributed by atoms with Crippen LogP contribution in [0.15, 0.2) is 36.4 Å². The number of aryl methyl sites for hydroxylation is 1. The van der Waals surface area contributed by atoms with Crippen molar-refractivity contribution in [1.82, 2.24) is 15.1 Å². The van der Waals surface area contributed by atoms with Crippen LogP contribution in [0.1, 0.15) is 79.4 Å². The number of benzene rings is 2. The number of methoxy groups -OCH3 is 1. The van der Waals surface area contributed by atoms with Crippen LogP contribution < -0.4 is 5.32 Å². The van der Waals surface area contributed by atoms with Crippen LogP contribution >= 0.6 is 0 Å². The third-order valence-corrected chi connectivity index (χ3v) is 8.88. The van der Waals surface area contributed by atoms with Gasteiger partial charge in [0.1, 0.15) is 11.4 Å². The molecule has 2 aliphatic rings. The predicted octanol–water partition coefficient (Wildman–Crippen LogP) is 7.18. The molecule has 0 saturated carbocycles. The van der Waals surface area contributed by atoms with Crippen molar-refractivity contribution in [3.63, 3.8) is 0 Å². The molecule has 43 heavy (non-hydrogen) atoms. The summed E-state index contributed by atoms with van der Waals surface area (Å²) in [6.07, 6.45) is -8.23. The number of piperidine rings is 1. The summed E-state index contributed by atoms with van der Waals surface area (Å²) in [6, 6.07) is 3.04. The molecule has 236 valence electrons. The van der Waals surface area contributed by atoms with Gasteiger partial charge in [0, 0.05) is 19.1 Å². The lowest BCUT2D eigenvalue weighted by molar-refractivity contribution is -0.148. The van der Waals surface area contributed by atoms with E-state index in [1.54, 1.807) is 19.9 Å². The van der Waals surface area contributed by atoms with Gasteiger partial charge in [-0.3, -0.25) is 10.1 Å². The Morgan fingerprint density at radius 2 is 1.63 bits per heavy atom. The lowest BCUT2D eigenvalue weighted by atomic mass is 9.79. The molecule has 2 saturated heterocycles. The fourth-order valence-electron chi connectivity index (χ4n) is 6.32. The number of hydrogen-bond donors (Lipinski definition) is 1. The first-order valence-corrected chi connectivity index (χ1v) is 13.8. The number of esters is 1. The Balaban J connectivity index is 1.69. The molecule has 0 bridgehead atoms. The second kappa shape index (κ2) is 11.3. The van der Waals surface area contributed by atoms with Crippen LogP contribution in [0.4, 0.5) is 35.5 Å². The summed E-state index contributed by atoms with van der Waals surface area (Å²) in [5, 5.41) is 3.43. The van der Waals surface area contributed by atoms with Crippen molar-refractivity contribution < 1.29 is 45.1 Å².